The predicted octanol–water partition coefficient (Wildman–Crippen LogP) is 3.46. The van der Waals surface area contributed by atoms with Crippen LogP contribution < -0.4 is 4.72 Å². The Morgan fingerprint density at radius 3 is 1.96 bits per heavy atom. The molecule has 0 bridgehead atoms. The van der Waals surface area contributed by atoms with Gasteiger partial charge < -0.3 is 0 Å². The molecule has 5 nitrogen and oxygen atoms in total. The van der Waals surface area contributed by atoms with Gasteiger partial charge in [-0.3, -0.25) is 4.72 Å². The standard InChI is InChI=1S/C18H14FNO4S2/c19-14-6-4-7-15(12-14)20-26(23,24)18-11-5-10-17(13-18)25(21,22)16-8-2-1-3-9-16/h1-13,20H. The summed E-state index contributed by atoms with van der Waals surface area (Å²) in [6.45, 7) is 0. The fraction of sp³-hybridized carbons (Fsp3) is 0. The average molecular weight is 391 g/mol. The van der Waals surface area contributed by atoms with Gasteiger partial charge in [-0.1, -0.05) is 30.3 Å². The fourth-order valence-corrected chi connectivity index (χ4v) is 4.81. The molecule has 0 unspecified atom stereocenters. The van der Waals surface area contributed by atoms with Crippen molar-refractivity contribution in [3.05, 3.63) is 84.7 Å². The van der Waals surface area contributed by atoms with E-state index in [1.807, 2.05) is 0 Å². The second kappa shape index (κ2) is 6.89. The minimum absolute atomic E-state index is 0.0429. The average Bonchev–Trinajstić information content (AvgIpc) is 2.62. The van der Waals surface area contributed by atoms with Gasteiger partial charge in [0.2, 0.25) is 9.84 Å². The van der Waals surface area contributed by atoms with Gasteiger partial charge in [0.1, 0.15) is 5.82 Å². The van der Waals surface area contributed by atoms with E-state index in [0.29, 0.717) is 0 Å². The molecule has 3 rings (SSSR count). The van der Waals surface area contributed by atoms with Crippen LogP contribution in [0.1, 0.15) is 0 Å². The van der Waals surface area contributed by atoms with Gasteiger partial charge in [0.05, 0.1) is 20.4 Å². The molecule has 3 aromatic rings. The highest BCUT2D eigenvalue weighted by molar-refractivity contribution is 7.93. The maximum absolute atomic E-state index is 13.2. The molecule has 3 aromatic carbocycles. The van der Waals surface area contributed by atoms with Crippen molar-refractivity contribution < 1.29 is 21.2 Å². The summed E-state index contributed by atoms with van der Waals surface area (Å²) < 4.78 is 65.8. The van der Waals surface area contributed by atoms with Crippen molar-refractivity contribution in [1.29, 1.82) is 0 Å². The van der Waals surface area contributed by atoms with Gasteiger partial charge in [-0.25, -0.2) is 21.2 Å². The van der Waals surface area contributed by atoms with Crippen molar-refractivity contribution in [1.82, 2.24) is 0 Å². The third-order valence-corrected chi connectivity index (χ3v) is 6.70. The molecular weight excluding hydrogens is 377 g/mol. The molecule has 0 saturated heterocycles. The van der Waals surface area contributed by atoms with Crippen LogP contribution >= 0.6 is 0 Å². The zero-order valence-corrected chi connectivity index (χ0v) is 15.0. The van der Waals surface area contributed by atoms with E-state index in [-0.39, 0.29) is 20.4 Å². The van der Waals surface area contributed by atoms with Crippen molar-refractivity contribution >= 4 is 25.5 Å². The Labute approximate surface area is 151 Å². The number of nitrogens with one attached hydrogen (secondary N) is 1. The lowest BCUT2D eigenvalue weighted by Crippen LogP contribution is -2.14. The summed E-state index contributed by atoms with van der Waals surface area (Å²) in [5.74, 6) is -0.592. The van der Waals surface area contributed by atoms with Gasteiger partial charge in [-0.05, 0) is 48.5 Å². The molecule has 8 heteroatoms. The molecule has 0 aromatic heterocycles. The van der Waals surface area contributed by atoms with E-state index < -0.39 is 25.7 Å². The number of hydrogen-bond acceptors (Lipinski definition) is 4. The van der Waals surface area contributed by atoms with E-state index in [0.717, 1.165) is 12.1 Å². The molecule has 26 heavy (non-hydrogen) atoms. The third-order valence-electron chi connectivity index (χ3n) is 3.56. The molecule has 0 amide bonds. The van der Waals surface area contributed by atoms with E-state index in [1.165, 1.54) is 48.5 Å². The smallest absolute Gasteiger partial charge is 0.261 e. The Bertz CT molecular complexity index is 1140. The van der Waals surface area contributed by atoms with E-state index in [1.54, 1.807) is 18.2 Å². The van der Waals surface area contributed by atoms with Crippen molar-refractivity contribution in [2.45, 2.75) is 14.7 Å². The molecule has 0 atom stereocenters. The van der Waals surface area contributed by atoms with Crippen LogP contribution in [0, 0.1) is 5.82 Å². The molecule has 0 heterocycles. The number of sulfone groups is 1. The normalized spacial score (nSPS) is 11.9. The van der Waals surface area contributed by atoms with Crippen LogP contribution in [0.5, 0.6) is 0 Å². The third kappa shape index (κ3) is 3.76. The van der Waals surface area contributed by atoms with Crippen molar-refractivity contribution in [2.24, 2.45) is 0 Å². The Kier molecular flexibility index (Phi) is 4.80. The van der Waals surface area contributed by atoms with Crippen molar-refractivity contribution in [3.8, 4) is 0 Å². The number of halogens is 1. The molecule has 0 aliphatic carbocycles. The largest absolute Gasteiger partial charge is 0.280 e. The van der Waals surface area contributed by atoms with Gasteiger partial charge in [0, 0.05) is 0 Å². The van der Waals surface area contributed by atoms with Crippen LogP contribution in [0.3, 0.4) is 0 Å². The van der Waals surface area contributed by atoms with Crippen LogP contribution in [-0.4, -0.2) is 16.8 Å². The summed E-state index contributed by atoms with van der Waals surface area (Å²) in [5, 5.41) is 0. The molecule has 1 N–H and O–H groups in total. The molecule has 0 saturated carbocycles. The quantitative estimate of drug-likeness (QED) is 0.722. The highest BCUT2D eigenvalue weighted by atomic mass is 32.2. The monoisotopic (exact) mass is 391 g/mol. The molecule has 0 aliphatic heterocycles. The summed E-state index contributed by atoms with van der Waals surface area (Å²) in [5.41, 5.74) is 0.0429. The predicted molar refractivity (Wildman–Crippen MR) is 95.5 cm³/mol. The fourth-order valence-electron chi connectivity index (χ4n) is 2.31. The number of hydrogen-bond donors (Lipinski definition) is 1. The number of sulfonamides is 1. The number of benzene rings is 3. The SMILES string of the molecule is O=S(=O)(Nc1cccc(F)c1)c1cccc(S(=O)(=O)c2ccccc2)c1. The van der Waals surface area contributed by atoms with Crippen molar-refractivity contribution in [2.75, 3.05) is 4.72 Å². The summed E-state index contributed by atoms with van der Waals surface area (Å²) in [6.07, 6.45) is 0. The highest BCUT2D eigenvalue weighted by Crippen LogP contribution is 2.24. The Hall–Kier alpha value is -2.71. The lowest BCUT2D eigenvalue weighted by atomic mass is 10.3. The van der Waals surface area contributed by atoms with Crippen LogP contribution in [0.2, 0.25) is 0 Å². The Balaban J connectivity index is 1.99. The van der Waals surface area contributed by atoms with Gasteiger partial charge in [-0.2, -0.15) is 0 Å². The van der Waals surface area contributed by atoms with Crippen LogP contribution in [0.4, 0.5) is 10.1 Å². The highest BCUT2D eigenvalue weighted by Gasteiger charge is 2.21. The minimum Gasteiger partial charge on any atom is -0.280 e. The van der Waals surface area contributed by atoms with E-state index >= 15 is 0 Å². The molecule has 0 spiro atoms. The molecule has 134 valence electrons. The Morgan fingerprint density at radius 2 is 1.27 bits per heavy atom. The minimum atomic E-state index is -4.08. The number of rotatable bonds is 5. The van der Waals surface area contributed by atoms with Gasteiger partial charge in [0.15, 0.2) is 0 Å². The second-order valence-electron chi connectivity index (χ2n) is 5.41. The first kappa shape index (κ1) is 18.1. The zero-order chi connectivity index (χ0) is 18.8. The first-order chi connectivity index (χ1) is 12.3. The number of anilines is 1. The van der Waals surface area contributed by atoms with E-state index in [9.17, 15) is 21.2 Å². The summed E-state index contributed by atoms with van der Waals surface area (Å²) in [7, 11) is -7.93. The second-order valence-corrected chi connectivity index (χ2v) is 9.04. The summed E-state index contributed by atoms with van der Waals surface area (Å²) >= 11 is 0. The Morgan fingerprint density at radius 1 is 0.654 bits per heavy atom. The summed E-state index contributed by atoms with van der Waals surface area (Å²) in [4.78, 5) is -0.322. The van der Waals surface area contributed by atoms with Crippen LogP contribution in [-0.2, 0) is 19.9 Å². The van der Waals surface area contributed by atoms with Crippen LogP contribution in [0.25, 0.3) is 0 Å². The van der Waals surface area contributed by atoms with Gasteiger partial charge >= 0.3 is 0 Å². The molecule has 0 fully saturated rings. The first-order valence-electron chi connectivity index (χ1n) is 7.48. The molecule has 0 aliphatic rings. The molecule has 0 radical (unpaired) electrons. The molecular formula is C18H14FNO4S2. The first-order valence-corrected chi connectivity index (χ1v) is 10.4. The van der Waals surface area contributed by atoms with E-state index in [2.05, 4.69) is 4.72 Å². The lowest BCUT2D eigenvalue weighted by molar-refractivity contribution is 0.595. The maximum atomic E-state index is 13.2. The zero-order valence-electron chi connectivity index (χ0n) is 13.3. The van der Waals surface area contributed by atoms with E-state index in [4.69, 9.17) is 0 Å². The summed E-state index contributed by atoms with van der Waals surface area (Å²) in [6, 6.07) is 17.7. The van der Waals surface area contributed by atoms with Crippen LogP contribution in [0.15, 0.2) is 93.5 Å². The lowest BCUT2D eigenvalue weighted by Gasteiger charge is -2.10. The van der Waals surface area contributed by atoms with Crippen molar-refractivity contribution in [3.63, 3.8) is 0 Å². The maximum Gasteiger partial charge on any atom is 0.261 e. The topological polar surface area (TPSA) is 80.3 Å². The van der Waals surface area contributed by atoms with Gasteiger partial charge in [-0.15, -0.1) is 0 Å². The van der Waals surface area contributed by atoms with Gasteiger partial charge in [0.25, 0.3) is 10.0 Å².